The highest BCUT2D eigenvalue weighted by molar-refractivity contribution is 5.93. The molecule has 2 fully saturated rings. The average Bonchev–Trinajstić information content (AvgIpc) is 3.60. The number of nitrogens with zero attached hydrogens (tertiary/aromatic N) is 5. The minimum absolute atomic E-state index is 0.0791. The number of aliphatic hydroxyl groups excluding tert-OH is 1. The zero-order chi connectivity index (χ0) is 26.0. The standard InChI is InChI=1S/C26H31N7O4/c1-16(13-34)30-24(35)19-11-21(32-25(31-19)37-15-26(14-27)6-7-26)33-9-4-17(5-10-33)18-12-29-23-22(18)20(36-2)3-8-28-23/h3,8,11-12,16-17,34H,4-7,9-10,13,15H2,1-2H3,(H,28,29)(H,30,35)/t16-/m1/s1. The molecule has 0 radical (unpaired) electrons. The number of rotatable bonds is 9. The van der Waals surface area contributed by atoms with Crippen molar-refractivity contribution in [2.75, 3.05) is 38.3 Å². The Morgan fingerprint density at radius 2 is 2.16 bits per heavy atom. The molecule has 1 aliphatic heterocycles. The number of aliphatic hydroxyl groups is 1. The number of nitriles is 1. The van der Waals surface area contributed by atoms with Crippen molar-refractivity contribution in [3.63, 3.8) is 0 Å². The van der Waals surface area contributed by atoms with E-state index in [4.69, 9.17) is 9.47 Å². The fraction of sp³-hybridized carbons (Fsp3) is 0.500. The highest BCUT2D eigenvalue weighted by Crippen LogP contribution is 2.45. The number of hydrogen-bond donors (Lipinski definition) is 3. The van der Waals surface area contributed by atoms with E-state index in [0.29, 0.717) is 11.7 Å². The van der Waals surface area contributed by atoms with E-state index in [1.165, 1.54) is 5.56 Å². The summed E-state index contributed by atoms with van der Waals surface area (Å²) in [5.41, 5.74) is 1.68. The Balaban J connectivity index is 1.35. The number of ether oxygens (including phenoxy) is 2. The third-order valence-electron chi connectivity index (χ3n) is 7.19. The number of anilines is 1. The average molecular weight is 506 g/mol. The maximum Gasteiger partial charge on any atom is 0.319 e. The highest BCUT2D eigenvalue weighted by atomic mass is 16.5. The van der Waals surface area contributed by atoms with Crippen molar-refractivity contribution in [2.45, 2.75) is 44.6 Å². The first-order valence-corrected chi connectivity index (χ1v) is 12.5. The van der Waals surface area contributed by atoms with Gasteiger partial charge in [0.1, 0.15) is 29.5 Å². The van der Waals surface area contributed by atoms with E-state index in [1.54, 1.807) is 26.3 Å². The Labute approximate surface area is 214 Å². The largest absolute Gasteiger partial charge is 0.496 e. The van der Waals surface area contributed by atoms with Crippen LogP contribution in [-0.2, 0) is 0 Å². The monoisotopic (exact) mass is 505 g/mol. The van der Waals surface area contributed by atoms with Crippen LogP contribution in [-0.4, -0.2) is 70.4 Å². The molecule has 1 amide bonds. The number of aromatic nitrogens is 4. The Morgan fingerprint density at radius 1 is 1.38 bits per heavy atom. The minimum Gasteiger partial charge on any atom is -0.496 e. The summed E-state index contributed by atoms with van der Waals surface area (Å²) in [4.78, 5) is 31.5. The van der Waals surface area contributed by atoms with Crippen molar-refractivity contribution in [3.8, 4) is 17.8 Å². The molecule has 1 aliphatic carbocycles. The molecule has 3 aromatic rings. The van der Waals surface area contributed by atoms with Gasteiger partial charge in [-0.25, -0.2) is 4.98 Å². The first kappa shape index (κ1) is 24.8. The van der Waals surface area contributed by atoms with Gasteiger partial charge in [-0.3, -0.25) is 4.79 Å². The van der Waals surface area contributed by atoms with Gasteiger partial charge in [0.15, 0.2) is 0 Å². The number of piperidine rings is 1. The van der Waals surface area contributed by atoms with Crippen molar-refractivity contribution in [2.24, 2.45) is 5.41 Å². The lowest BCUT2D eigenvalue weighted by Gasteiger charge is -2.33. The molecule has 1 atom stereocenters. The fourth-order valence-electron chi connectivity index (χ4n) is 4.70. The van der Waals surface area contributed by atoms with Gasteiger partial charge in [0, 0.05) is 37.6 Å². The zero-order valence-corrected chi connectivity index (χ0v) is 21.0. The number of carbonyl (C=O) groups excluding carboxylic acids is 1. The number of amides is 1. The Kier molecular flexibility index (Phi) is 6.84. The Morgan fingerprint density at radius 3 is 2.84 bits per heavy atom. The molecule has 1 saturated carbocycles. The van der Waals surface area contributed by atoms with Gasteiger partial charge in [-0.15, -0.1) is 0 Å². The van der Waals surface area contributed by atoms with E-state index in [1.807, 2.05) is 12.3 Å². The van der Waals surface area contributed by atoms with Crippen molar-refractivity contribution in [3.05, 3.63) is 35.8 Å². The number of fused-ring (bicyclic) bond motifs is 1. The lowest BCUT2D eigenvalue weighted by molar-refractivity contribution is 0.0915. The summed E-state index contributed by atoms with van der Waals surface area (Å²) in [6, 6.07) is 5.49. The highest BCUT2D eigenvalue weighted by Gasteiger charge is 2.44. The zero-order valence-electron chi connectivity index (χ0n) is 21.0. The molecule has 11 nitrogen and oxygen atoms in total. The second-order valence-corrected chi connectivity index (χ2v) is 9.87. The van der Waals surface area contributed by atoms with Crippen LogP contribution in [0.15, 0.2) is 24.5 Å². The van der Waals surface area contributed by atoms with Crippen LogP contribution in [0, 0.1) is 16.7 Å². The second-order valence-electron chi connectivity index (χ2n) is 9.87. The van der Waals surface area contributed by atoms with Crippen LogP contribution in [0.4, 0.5) is 5.82 Å². The smallest absolute Gasteiger partial charge is 0.319 e. The first-order valence-electron chi connectivity index (χ1n) is 12.5. The molecule has 0 unspecified atom stereocenters. The lowest BCUT2D eigenvalue weighted by Crippen LogP contribution is -2.36. The Bertz CT molecular complexity index is 1320. The summed E-state index contributed by atoms with van der Waals surface area (Å²) in [6.07, 6.45) is 7.08. The van der Waals surface area contributed by atoms with Gasteiger partial charge in [-0.2, -0.15) is 15.2 Å². The van der Waals surface area contributed by atoms with Gasteiger partial charge in [0.25, 0.3) is 5.91 Å². The molecule has 194 valence electrons. The molecule has 4 heterocycles. The van der Waals surface area contributed by atoms with E-state index in [-0.39, 0.29) is 24.9 Å². The van der Waals surface area contributed by atoms with Gasteiger partial charge in [0.05, 0.1) is 30.6 Å². The molecular weight excluding hydrogens is 474 g/mol. The first-order chi connectivity index (χ1) is 17.9. The second kappa shape index (κ2) is 10.2. The van der Waals surface area contributed by atoms with Crippen LogP contribution >= 0.6 is 0 Å². The number of carbonyl (C=O) groups is 1. The van der Waals surface area contributed by atoms with E-state index in [9.17, 15) is 15.2 Å². The predicted octanol–water partition coefficient (Wildman–Crippen LogP) is 2.54. The summed E-state index contributed by atoms with van der Waals surface area (Å²) >= 11 is 0. The van der Waals surface area contributed by atoms with Gasteiger partial charge in [-0.1, -0.05) is 0 Å². The van der Waals surface area contributed by atoms with Crippen LogP contribution in [0.2, 0.25) is 0 Å². The van der Waals surface area contributed by atoms with Crippen LogP contribution in [0.25, 0.3) is 11.0 Å². The van der Waals surface area contributed by atoms with Crippen LogP contribution in [0.3, 0.4) is 0 Å². The van der Waals surface area contributed by atoms with Crippen LogP contribution in [0.1, 0.15) is 54.6 Å². The molecule has 0 aromatic carbocycles. The molecule has 11 heteroatoms. The van der Waals surface area contributed by atoms with Crippen molar-refractivity contribution in [1.82, 2.24) is 25.3 Å². The fourth-order valence-corrected chi connectivity index (χ4v) is 4.70. The molecular formula is C26H31N7O4. The SMILES string of the molecule is COc1ccnc2[nH]cc(C3CCN(c4cc(C(=O)N[C@H](C)CO)nc(OCC5(C#N)CC5)n4)CC3)c12. The number of H-pyrrole nitrogens is 1. The van der Waals surface area contributed by atoms with Gasteiger partial charge in [0.2, 0.25) is 0 Å². The van der Waals surface area contributed by atoms with Crippen molar-refractivity contribution >= 4 is 22.8 Å². The third kappa shape index (κ3) is 5.15. The number of pyridine rings is 1. The maximum absolute atomic E-state index is 12.8. The maximum atomic E-state index is 12.8. The molecule has 0 spiro atoms. The molecule has 3 aromatic heterocycles. The molecule has 3 N–H and O–H groups in total. The number of aromatic amines is 1. The molecule has 37 heavy (non-hydrogen) atoms. The van der Waals surface area contributed by atoms with Gasteiger partial charge < -0.3 is 29.8 Å². The summed E-state index contributed by atoms with van der Waals surface area (Å²) in [7, 11) is 1.67. The van der Waals surface area contributed by atoms with E-state index < -0.39 is 17.4 Å². The molecule has 2 aliphatic rings. The minimum atomic E-state index is -0.485. The van der Waals surface area contributed by atoms with Crippen LogP contribution in [0.5, 0.6) is 11.8 Å². The summed E-state index contributed by atoms with van der Waals surface area (Å²) in [5.74, 6) is 1.31. The van der Waals surface area contributed by atoms with E-state index in [0.717, 1.165) is 55.6 Å². The van der Waals surface area contributed by atoms with Gasteiger partial charge in [-0.05, 0) is 50.2 Å². The van der Waals surface area contributed by atoms with Crippen molar-refractivity contribution < 1.29 is 19.4 Å². The van der Waals surface area contributed by atoms with Crippen LogP contribution < -0.4 is 19.7 Å². The normalized spacial score (nSPS) is 17.7. The predicted molar refractivity (Wildman–Crippen MR) is 136 cm³/mol. The van der Waals surface area contributed by atoms with Gasteiger partial charge >= 0.3 is 6.01 Å². The van der Waals surface area contributed by atoms with E-state index in [2.05, 4.69) is 36.2 Å². The summed E-state index contributed by atoms with van der Waals surface area (Å²) < 4.78 is 11.4. The van der Waals surface area contributed by atoms with E-state index >= 15 is 0 Å². The number of nitrogens with one attached hydrogen (secondary N) is 2. The third-order valence-corrected chi connectivity index (χ3v) is 7.19. The van der Waals surface area contributed by atoms with Crippen molar-refractivity contribution in [1.29, 1.82) is 5.26 Å². The quantitative estimate of drug-likeness (QED) is 0.399. The molecule has 0 bridgehead atoms. The topological polar surface area (TPSA) is 149 Å². The summed E-state index contributed by atoms with van der Waals surface area (Å²) in [6.45, 7) is 3.18. The Hall–Kier alpha value is -3.91. The molecule has 1 saturated heterocycles. The number of hydrogen-bond acceptors (Lipinski definition) is 9. The lowest BCUT2D eigenvalue weighted by atomic mass is 9.89. The molecule has 5 rings (SSSR count). The number of methoxy groups -OCH3 is 1. The summed E-state index contributed by atoms with van der Waals surface area (Å²) in [5, 5.41) is 22.5.